The Hall–Kier alpha value is -3.76. The van der Waals surface area contributed by atoms with E-state index in [2.05, 4.69) is 21.2 Å². The number of nitrogens with zero attached hydrogens (tertiary/aromatic N) is 1. The standard InChI is InChI=1S/C25H21BrN2O4/c1-30-23-14-24(31-2)22(26)13-18(23)12-19(15-27)25(29)28-20-8-10-21(11-9-20)32-16-17-6-4-3-5-7-17/h3-14H,16H2,1-2H3,(H,28,29)/b19-12+. The summed E-state index contributed by atoms with van der Waals surface area (Å²) in [5.41, 5.74) is 2.11. The zero-order chi connectivity index (χ0) is 22.9. The van der Waals surface area contributed by atoms with Gasteiger partial charge in [-0.15, -0.1) is 0 Å². The van der Waals surface area contributed by atoms with Crippen LogP contribution in [0, 0.1) is 11.3 Å². The van der Waals surface area contributed by atoms with Gasteiger partial charge in [-0.1, -0.05) is 30.3 Å². The maximum absolute atomic E-state index is 12.6. The molecule has 3 aromatic rings. The lowest BCUT2D eigenvalue weighted by molar-refractivity contribution is -0.112. The number of ether oxygens (including phenoxy) is 3. The third kappa shape index (κ3) is 5.90. The predicted octanol–water partition coefficient (Wildman–Crippen LogP) is 5.59. The van der Waals surface area contributed by atoms with Crippen LogP contribution >= 0.6 is 15.9 Å². The van der Waals surface area contributed by atoms with E-state index in [4.69, 9.17) is 14.2 Å². The number of anilines is 1. The maximum Gasteiger partial charge on any atom is 0.266 e. The third-order valence-electron chi connectivity index (χ3n) is 4.53. The molecule has 3 rings (SSSR count). The highest BCUT2D eigenvalue weighted by molar-refractivity contribution is 9.10. The molecule has 0 saturated carbocycles. The van der Waals surface area contributed by atoms with Crippen LogP contribution in [0.5, 0.6) is 17.2 Å². The van der Waals surface area contributed by atoms with Crippen molar-refractivity contribution in [3.05, 3.63) is 87.9 Å². The number of hydrogen-bond donors (Lipinski definition) is 1. The molecule has 0 aliphatic rings. The number of carbonyl (C=O) groups is 1. The van der Waals surface area contributed by atoms with Gasteiger partial charge in [0.1, 0.15) is 35.5 Å². The van der Waals surface area contributed by atoms with E-state index in [0.29, 0.717) is 39.6 Å². The van der Waals surface area contributed by atoms with Crippen molar-refractivity contribution >= 4 is 33.6 Å². The van der Waals surface area contributed by atoms with Crippen molar-refractivity contribution in [1.82, 2.24) is 0 Å². The zero-order valence-corrected chi connectivity index (χ0v) is 19.2. The number of rotatable bonds is 8. The molecule has 0 spiro atoms. The van der Waals surface area contributed by atoms with Gasteiger partial charge in [0.25, 0.3) is 5.91 Å². The Labute approximate surface area is 195 Å². The van der Waals surface area contributed by atoms with Crippen LogP contribution < -0.4 is 19.5 Å². The molecule has 0 bridgehead atoms. The second-order valence-electron chi connectivity index (χ2n) is 6.65. The molecule has 0 aliphatic heterocycles. The van der Waals surface area contributed by atoms with Gasteiger partial charge in [0.05, 0.1) is 18.7 Å². The number of nitrogens with one attached hydrogen (secondary N) is 1. The first-order valence-electron chi connectivity index (χ1n) is 9.65. The first-order chi connectivity index (χ1) is 15.5. The molecule has 1 N–H and O–H groups in total. The fraction of sp³-hybridized carbons (Fsp3) is 0.120. The summed E-state index contributed by atoms with van der Waals surface area (Å²) in [5.74, 6) is 1.21. The lowest BCUT2D eigenvalue weighted by atomic mass is 10.1. The smallest absolute Gasteiger partial charge is 0.266 e. The maximum atomic E-state index is 12.6. The number of amides is 1. The van der Waals surface area contributed by atoms with Gasteiger partial charge in [-0.05, 0) is 57.9 Å². The molecule has 0 atom stereocenters. The lowest BCUT2D eigenvalue weighted by Crippen LogP contribution is -2.13. The lowest BCUT2D eigenvalue weighted by Gasteiger charge is -2.11. The van der Waals surface area contributed by atoms with Gasteiger partial charge in [-0.25, -0.2) is 0 Å². The molecule has 0 fully saturated rings. The average Bonchev–Trinajstić information content (AvgIpc) is 2.82. The van der Waals surface area contributed by atoms with E-state index in [9.17, 15) is 10.1 Å². The summed E-state index contributed by atoms with van der Waals surface area (Å²) in [4.78, 5) is 12.6. The van der Waals surface area contributed by atoms with Crippen LogP contribution in [0.15, 0.2) is 76.8 Å². The van der Waals surface area contributed by atoms with Gasteiger partial charge in [-0.3, -0.25) is 4.79 Å². The molecule has 162 valence electrons. The van der Waals surface area contributed by atoms with Gasteiger partial charge in [0.15, 0.2) is 0 Å². The molecule has 0 heterocycles. The van der Waals surface area contributed by atoms with Crippen LogP contribution in [0.25, 0.3) is 6.08 Å². The molecule has 32 heavy (non-hydrogen) atoms. The summed E-state index contributed by atoms with van der Waals surface area (Å²) < 4.78 is 17.0. The van der Waals surface area contributed by atoms with Crippen LogP contribution in [0.2, 0.25) is 0 Å². The highest BCUT2D eigenvalue weighted by atomic mass is 79.9. The minimum atomic E-state index is -0.528. The van der Waals surface area contributed by atoms with Gasteiger partial charge in [0, 0.05) is 17.3 Å². The summed E-state index contributed by atoms with van der Waals surface area (Å²) in [6.07, 6.45) is 1.47. The van der Waals surface area contributed by atoms with E-state index < -0.39 is 5.91 Å². The van der Waals surface area contributed by atoms with E-state index in [1.54, 1.807) is 43.5 Å². The third-order valence-corrected chi connectivity index (χ3v) is 5.15. The molecule has 0 radical (unpaired) electrons. The average molecular weight is 493 g/mol. The van der Waals surface area contributed by atoms with Crippen molar-refractivity contribution in [2.45, 2.75) is 6.61 Å². The monoisotopic (exact) mass is 492 g/mol. The van der Waals surface area contributed by atoms with Crippen molar-refractivity contribution in [1.29, 1.82) is 5.26 Å². The number of halogens is 1. The van der Waals surface area contributed by atoms with E-state index in [-0.39, 0.29) is 5.57 Å². The fourth-order valence-electron chi connectivity index (χ4n) is 2.87. The van der Waals surface area contributed by atoms with E-state index in [1.807, 2.05) is 36.4 Å². The first-order valence-corrected chi connectivity index (χ1v) is 10.4. The number of nitriles is 1. The van der Waals surface area contributed by atoms with E-state index >= 15 is 0 Å². The fourth-order valence-corrected chi connectivity index (χ4v) is 3.40. The molecule has 0 aliphatic carbocycles. The molecule has 1 amide bonds. The summed E-state index contributed by atoms with van der Waals surface area (Å²) in [6, 6.07) is 22.1. The number of hydrogen-bond acceptors (Lipinski definition) is 5. The minimum absolute atomic E-state index is 0.0650. The van der Waals surface area contributed by atoms with Crippen LogP contribution in [0.4, 0.5) is 5.69 Å². The topological polar surface area (TPSA) is 80.6 Å². The van der Waals surface area contributed by atoms with Crippen molar-refractivity contribution in [3.63, 3.8) is 0 Å². The van der Waals surface area contributed by atoms with Crippen molar-refractivity contribution in [2.24, 2.45) is 0 Å². The molecule has 7 heteroatoms. The Morgan fingerprint density at radius 3 is 2.34 bits per heavy atom. The zero-order valence-electron chi connectivity index (χ0n) is 17.6. The van der Waals surface area contributed by atoms with Crippen molar-refractivity contribution in [2.75, 3.05) is 19.5 Å². The van der Waals surface area contributed by atoms with Crippen LogP contribution in [-0.2, 0) is 11.4 Å². The van der Waals surface area contributed by atoms with E-state index in [0.717, 1.165) is 5.56 Å². The molecular formula is C25H21BrN2O4. The second kappa shape index (κ2) is 11.0. The molecule has 0 saturated heterocycles. The minimum Gasteiger partial charge on any atom is -0.496 e. The predicted molar refractivity (Wildman–Crippen MR) is 127 cm³/mol. The van der Waals surface area contributed by atoms with Crippen molar-refractivity contribution < 1.29 is 19.0 Å². The van der Waals surface area contributed by atoms with Crippen LogP contribution in [0.3, 0.4) is 0 Å². The summed E-state index contributed by atoms with van der Waals surface area (Å²) >= 11 is 3.40. The quantitative estimate of drug-likeness (QED) is 0.327. The molecule has 0 aromatic heterocycles. The highest BCUT2D eigenvalue weighted by Gasteiger charge is 2.14. The molecule has 6 nitrogen and oxygen atoms in total. The number of benzene rings is 3. The first kappa shape index (κ1) is 22.9. The van der Waals surface area contributed by atoms with E-state index in [1.165, 1.54) is 13.2 Å². The van der Waals surface area contributed by atoms with Gasteiger partial charge in [-0.2, -0.15) is 5.26 Å². The van der Waals surface area contributed by atoms with Gasteiger partial charge >= 0.3 is 0 Å². The molecule has 0 unspecified atom stereocenters. The Balaban J connectivity index is 1.70. The van der Waals surface area contributed by atoms with Crippen LogP contribution in [0.1, 0.15) is 11.1 Å². The molecule has 3 aromatic carbocycles. The summed E-state index contributed by atoms with van der Waals surface area (Å²) in [6.45, 7) is 0.452. The Bertz CT molecular complexity index is 1150. The molecular weight excluding hydrogens is 472 g/mol. The largest absolute Gasteiger partial charge is 0.496 e. The SMILES string of the molecule is COc1cc(OC)c(/C=C(\C#N)C(=O)Nc2ccc(OCc3ccccc3)cc2)cc1Br. The van der Waals surface area contributed by atoms with Gasteiger partial charge in [0.2, 0.25) is 0 Å². The summed E-state index contributed by atoms with van der Waals surface area (Å²) in [5, 5.41) is 12.2. The normalized spacial score (nSPS) is 10.8. The van der Waals surface area contributed by atoms with Crippen molar-refractivity contribution in [3.8, 4) is 23.3 Å². The Morgan fingerprint density at radius 1 is 1.03 bits per heavy atom. The van der Waals surface area contributed by atoms with Gasteiger partial charge < -0.3 is 19.5 Å². The number of carbonyl (C=O) groups excluding carboxylic acids is 1. The summed E-state index contributed by atoms with van der Waals surface area (Å²) in [7, 11) is 3.05. The number of methoxy groups -OCH3 is 2. The Morgan fingerprint density at radius 2 is 1.72 bits per heavy atom. The van der Waals surface area contributed by atoms with Crippen LogP contribution in [-0.4, -0.2) is 20.1 Å². The highest BCUT2D eigenvalue weighted by Crippen LogP contribution is 2.34. The Kier molecular flexibility index (Phi) is 7.90. The second-order valence-corrected chi connectivity index (χ2v) is 7.51.